The van der Waals surface area contributed by atoms with Crippen LogP contribution in [0.25, 0.3) is 0 Å². The molecule has 0 spiro atoms. The summed E-state index contributed by atoms with van der Waals surface area (Å²) in [6, 6.07) is 20.9. The van der Waals surface area contributed by atoms with Crippen molar-refractivity contribution >= 4 is 29.1 Å². The largest absolute Gasteiger partial charge is 0.497 e. The van der Waals surface area contributed by atoms with Crippen molar-refractivity contribution in [2.45, 2.75) is 25.4 Å². The van der Waals surface area contributed by atoms with Gasteiger partial charge in [0.05, 0.1) is 29.8 Å². The van der Waals surface area contributed by atoms with Gasteiger partial charge in [-0.2, -0.15) is 0 Å². The molecule has 2 N–H and O–H groups in total. The first kappa shape index (κ1) is 27.3. The van der Waals surface area contributed by atoms with Crippen molar-refractivity contribution in [2.75, 3.05) is 39.9 Å². The van der Waals surface area contributed by atoms with Crippen LogP contribution >= 0.6 is 23.2 Å². The Bertz CT molecular complexity index is 1180. The fourth-order valence-electron chi connectivity index (χ4n) is 4.45. The fourth-order valence-corrected chi connectivity index (χ4v) is 4.83. The lowest BCUT2D eigenvalue weighted by Gasteiger charge is -2.36. The SMILES string of the molecule is COc1cccc(CCOc2ccc(C[C@H](N)C(=O)N3CCN(Cc4cccc(Cl)c4Cl)CC3)cc2)c1. The third-order valence-corrected chi connectivity index (χ3v) is 7.46. The summed E-state index contributed by atoms with van der Waals surface area (Å²) in [5.74, 6) is 1.62. The van der Waals surface area contributed by atoms with Gasteiger partial charge >= 0.3 is 0 Å². The maximum absolute atomic E-state index is 13.0. The number of halogens is 2. The Hall–Kier alpha value is -2.77. The summed E-state index contributed by atoms with van der Waals surface area (Å²) in [7, 11) is 1.66. The number of piperazine rings is 1. The van der Waals surface area contributed by atoms with E-state index in [1.165, 1.54) is 0 Å². The number of nitrogens with zero attached hydrogens (tertiary/aromatic N) is 2. The highest BCUT2D eigenvalue weighted by Crippen LogP contribution is 2.27. The number of nitrogens with two attached hydrogens (primary N) is 1. The number of methoxy groups -OCH3 is 1. The van der Waals surface area contributed by atoms with Crippen LogP contribution in [0.4, 0.5) is 0 Å². The molecule has 0 bridgehead atoms. The van der Waals surface area contributed by atoms with Crippen LogP contribution in [0.5, 0.6) is 11.5 Å². The second kappa shape index (κ2) is 13.2. The molecule has 1 saturated heterocycles. The summed E-state index contributed by atoms with van der Waals surface area (Å²) in [6.45, 7) is 4.10. The molecule has 0 saturated carbocycles. The van der Waals surface area contributed by atoms with Gasteiger partial charge in [0.1, 0.15) is 11.5 Å². The highest BCUT2D eigenvalue weighted by molar-refractivity contribution is 6.42. The topological polar surface area (TPSA) is 68.0 Å². The smallest absolute Gasteiger partial charge is 0.239 e. The third kappa shape index (κ3) is 7.62. The molecule has 1 fully saturated rings. The highest BCUT2D eigenvalue weighted by atomic mass is 35.5. The second-order valence-corrected chi connectivity index (χ2v) is 10.0. The number of hydrogen-bond donors (Lipinski definition) is 1. The van der Waals surface area contributed by atoms with E-state index in [4.69, 9.17) is 38.4 Å². The first-order chi connectivity index (χ1) is 17.9. The van der Waals surface area contributed by atoms with Crippen LogP contribution in [0.1, 0.15) is 16.7 Å². The van der Waals surface area contributed by atoms with Gasteiger partial charge in [-0.25, -0.2) is 0 Å². The van der Waals surface area contributed by atoms with Gasteiger partial charge in [0.15, 0.2) is 0 Å². The van der Waals surface area contributed by atoms with Gasteiger partial charge in [-0.1, -0.05) is 59.6 Å². The molecule has 0 aromatic heterocycles. The van der Waals surface area contributed by atoms with E-state index in [1.54, 1.807) is 13.2 Å². The molecule has 4 rings (SSSR count). The van der Waals surface area contributed by atoms with E-state index in [2.05, 4.69) is 11.0 Å². The number of amides is 1. The number of benzene rings is 3. The maximum atomic E-state index is 13.0. The van der Waals surface area contributed by atoms with Crippen LogP contribution in [-0.4, -0.2) is 61.6 Å². The standard InChI is InChI=1S/C29H33Cl2N3O3/c1-36-25-6-2-4-21(18-25)12-17-37-24-10-8-22(9-11-24)19-27(32)29(35)34-15-13-33(14-16-34)20-23-5-3-7-26(30)28(23)31/h2-11,18,27H,12-17,19-20,32H2,1H3/t27-/m0/s1. The van der Waals surface area contributed by atoms with Crippen molar-refractivity contribution < 1.29 is 14.3 Å². The molecule has 3 aromatic carbocycles. The lowest BCUT2D eigenvalue weighted by atomic mass is 10.0. The third-order valence-electron chi connectivity index (χ3n) is 6.60. The zero-order chi connectivity index (χ0) is 26.2. The van der Waals surface area contributed by atoms with E-state index < -0.39 is 6.04 Å². The average molecular weight is 543 g/mol. The Balaban J connectivity index is 1.20. The first-order valence-electron chi connectivity index (χ1n) is 12.5. The zero-order valence-electron chi connectivity index (χ0n) is 21.0. The number of rotatable bonds is 10. The fraction of sp³-hybridized carbons (Fsp3) is 0.345. The van der Waals surface area contributed by atoms with Crippen molar-refractivity contribution in [3.05, 3.63) is 93.5 Å². The minimum absolute atomic E-state index is 0.0148. The van der Waals surface area contributed by atoms with Gasteiger partial charge in [-0.15, -0.1) is 0 Å². The number of carbonyl (C=O) groups excluding carboxylic acids is 1. The Morgan fingerprint density at radius 1 is 0.946 bits per heavy atom. The van der Waals surface area contributed by atoms with Crippen molar-refractivity contribution in [2.24, 2.45) is 5.73 Å². The minimum atomic E-state index is -0.575. The molecule has 1 amide bonds. The predicted octanol–water partition coefficient (Wildman–Crippen LogP) is 4.84. The average Bonchev–Trinajstić information content (AvgIpc) is 2.92. The molecule has 196 valence electrons. The van der Waals surface area contributed by atoms with Gasteiger partial charge in [-0.3, -0.25) is 9.69 Å². The van der Waals surface area contributed by atoms with E-state index in [9.17, 15) is 4.79 Å². The molecule has 0 radical (unpaired) electrons. The Morgan fingerprint density at radius 3 is 2.41 bits per heavy atom. The predicted molar refractivity (Wildman–Crippen MR) is 149 cm³/mol. The van der Waals surface area contributed by atoms with Crippen LogP contribution in [0, 0.1) is 0 Å². The molecule has 1 atom stereocenters. The molecule has 1 aliphatic rings. The number of hydrogen-bond acceptors (Lipinski definition) is 5. The van der Waals surface area contributed by atoms with Gasteiger partial charge in [0, 0.05) is 39.1 Å². The Labute approximate surface area is 228 Å². The van der Waals surface area contributed by atoms with Crippen molar-refractivity contribution in [1.82, 2.24) is 9.80 Å². The van der Waals surface area contributed by atoms with Crippen LogP contribution in [0.2, 0.25) is 10.0 Å². The number of carbonyl (C=O) groups is 1. The van der Waals surface area contributed by atoms with E-state index in [0.717, 1.165) is 47.7 Å². The summed E-state index contributed by atoms with van der Waals surface area (Å²) in [6.07, 6.45) is 1.28. The van der Waals surface area contributed by atoms with Crippen LogP contribution < -0.4 is 15.2 Å². The highest BCUT2D eigenvalue weighted by Gasteiger charge is 2.25. The summed E-state index contributed by atoms with van der Waals surface area (Å²) in [5, 5.41) is 1.16. The molecule has 0 aliphatic carbocycles. The van der Waals surface area contributed by atoms with Gasteiger partial charge in [-0.05, 0) is 53.4 Å². The maximum Gasteiger partial charge on any atom is 0.239 e. The van der Waals surface area contributed by atoms with E-state index in [0.29, 0.717) is 42.7 Å². The Morgan fingerprint density at radius 2 is 1.68 bits per heavy atom. The van der Waals surface area contributed by atoms with E-state index in [1.807, 2.05) is 59.5 Å². The zero-order valence-corrected chi connectivity index (χ0v) is 22.5. The number of ether oxygens (including phenoxy) is 2. The lowest BCUT2D eigenvalue weighted by molar-refractivity contribution is -0.134. The lowest BCUT2D eigenvalue weighted by Crippen LogP contribution is -2.53. The van der Waals surface area contributed by atoms with Crippen LogP contribution in [0.3, 0.4) is 0 Å². The van der Waals surface area contributed by atoms with E-state index in [-0.39, 0.29) is 5.91 Å². The molecule has 0 unspecified atom stereocenters. The summed E-state index contributed by atoms with van der Waals surface area (Å²) in [4.78, 5) is 17.1. The van der Waals surface area contributed by atoms with Gasteiger partial charge in [0.25, 0.3) is 0 Å². The van der Waals surface area contributed by atoms with Gasteiger partial charge < -0.3 is 20.1 Å². The van der Waals surface area contributed by atoms with Crippen molar-refractivity contribution in [3.63, 3.8) is 0 Å². The quantitative estimate of drug-likeness (QED) is 0.397. The summed E-state index contributed by atoms with van der Waals surface area (Å²) >= 11 is 12.5. The monoisotopic (exact) mass is 541 g/mol. The minimum Gasteiger partial charge on any atom is -0.497 e. The summed E-state index contributed by atoms with van der Waals surface area (Å²) < 4.78 is 11.2. The van der Waals surface area contributed by atoms with Crippen LogP contribution in [-0.2, 0) is 24.2 Å². The molecular weight excluding hydrogens is 509 g/mol. The van der Waals surface area contributed by atoms with Crippen LogP contribution in [0.15, 0.2) is 66.7 Å². The molecule has 6 nitrogen and oxygen atoms in total. The second-order valence-electron chi connectivity index (χ2n) is 9.22. The Kier molecular flexibility index (Phi) is 9.69. The molecule has 1 aliphatic heterocycles. The molecule has 3 aromatic rings. The van der Waals surface area contributed by atoms with Crippen molar-refractivity contribution in [3.8, 4) is 11.5 Å². The molecular formula is C29H33Cl2N3O3. The molecule has 37 heavy (non-hydrogen) atoms. The van der Waals surface area contributed by atoms with Gasteiger partial charge in [0.2, 0.25) is 5.91 Å². The first-order valence-corrected chi connectivity index (χ1v) is 13.2. The van der Waals surface area contributed by atoms with E-state index >= 15 is 0 Å². The molecule has 8 heteroatoms. The molecule has 1 heterocycles. The summed E-state index contributed by atoms with van der Waals surface area (Å²) in [5.41, 5.74) is 9.47. The van der Waals surface area contributed by atoms with Crippen molar-refractivity contribution in [1.29, 1.82) is 0 Å². The normalized spacial score (nSPS) is 14.9.